The minimum Gasteiger partial charge on any atom is -0.393 e. The fraction of sp³-hybridized carbons (Fsp3) is 0.263. The zero-order valence-corrected chi connectivity index (χ0v) is 16.1. The van der Waals surface area contributed by atoms with E-state index in [1.54, 1.807) is 24.3 Å². The molecule has 1 N–H and O–H groups in total. The zero-order chi connectivity index (χ0) is 20.6. The van der Waals surface area contributed by atoms with Crippen molar-refractivity contribution < 1.29 is 18.4 Å². The number of nitrogens with zero attached hydrogens (tertiary/aromatic N) is 4. The number of nitro benzene ring substituents is 1. The summed E-state index contributed by atoms with van der Waals surface area (Å²) in [4.78, 5) is 20.9. The van der Waals surface area contributed by atoms with Gasteiger partial charge in [0.05, 0.1) is 27.0 Å². The number of piperidine rings is 1. The molecule has 0 amide bonds. The zero-order valence-electron chi connectivity index (χ0n) is 15.3. The van der Waals surface area contributed by atoms with Crippen molar-refractivity contribution in [1.29, 1.82) is 0 Å². The average Bonchev–Trinajstić information content (AvgIpc) is 2.73. The Morgan fingerprint density at radius 2 is 1.59 bits per heavy atom. The summed E-state index contributed by atoms with van der Waals surface area (Å²) in [5.41, 5.74) is 0.809. The lowest BCUT2D eigenvalue weighted by Crippen LogP contribution is -2.37. The van der Waals surface area contributed by atoms with Gasteiger partial charge < -0.3 is 10.0 Å². The van der Waals surface area contributed by atoms with Crippen molar-refractivity contribution in [3.8, 4) is 0 Å². The molecule has 4 rings (SSSR count). The van der Waals surface area contributed by atoms with Crippen molar-refractivity contribution in [3.05, 3.63) is 58.6 Å². The summed E-state index contributed by atoms with van der Waals surface area (Å²) in [6.45, 7) is 0.911. The summed E-state index contributed by atoms with van der Waals surface area (Å²) in [6.07, 6.45) is 0.589. The molecule has 1 saturated heterocycles. The van der Waals surface area contributed by atoms with Gasteiger partial charge in [0.2, 0.25) is 14.9 Å². The molecule has 0 atom stereocenters. The van der Waals surface area contributed by atoms with Crippen LogP contribution in [0.15, 0.2) is 58.5 Å². The summed E-state index contributed by atoms with van der Waals surface area (Å²) < 4.78 is 26.7. The predicted octanol–water partition coefficient (Wildman–Crippen LogP) is 2.33. The Hall–Kier alpha value is -3.11. The van der Waals surface area contributed by atoms with Crippen LogP contribution >= 0.6 is 0 Å². The molecule has 0 radical (unpaired) electrons. The number of hydrogen-bond donors (Lipinski definition) is 1. The Morgan fingerprint density at radius 1 is 1.00 bits per heavy atom. The summed E-state index contributed by atoms with van der Waals surface area (Å²) in [5.74, 6) is 0.231. The first-order valence-electron chi connectivity index (χ1n) is 9.05. The number of non-ortho nitro benzene ring substituents is 1. The number of rotatable bonds is 4. The van der Waals surface area contributed by atoms with Crippen LogP contribution in [0.4, 0.5) is 11.5 Å². The van der Waals surface area contributed by atoms with Gasteiger partial charge in [-0.25, -0.2) is 18.4 Å². The van der Waals surface area contributed by atoms with Crippen LogP contribution in [0.1, 0.15) is 12.8 Å². The number of benzene rings is 2. The molecule has 0 saturated carbocycles. The first-order chi connectivity index (χ1) is 13.9. The largest absolute Gasteiger partial charge is 0.393 e. The highest BCUT2D eigenvalue weighted by molar-refractivity contribution is 7.91. The van der Waals surface area contributed by atoms with E-state index in [2.05, 4.69) is 9.97 Å². The van der Waals surface area contributed by atoms with Gasteiger partial charge >= 0.3 is 0 Å². The topological polar surface area (TPSA) is 127 Å². The fourth-order valence-corrected chi connectivity index (χ4v) is 4.65. The lowest BCUT2D eigenvalue weighted by molar-refractivity contribution is -0.384. The summed E-state index contributed by atoms with van der Waals surface area (Å²) in [7, 11) is -4.07. The quantitative estimate of drug-likeness (QED) is 0.509. The lowest BCUT2D eigenvalue weighted by atomic mass is 10.1. The van der Waals surface area contributed by atoms with Gasteiger partial charge in [0.25, 0.3) is 5.69 Å². The molecule has 9 nitrogen and oxygen atoms in total. The van der Waals surface area contributed by atoms with E-state index in [0.29, 0.717) is 37.0 Å². The number of hydrogen-bond acceptors (Lipinski definition) is 8. The maximum atomic E-state index is 13.3. The molecule has 1 fully saturated rings. The minimum absolute atomic E-state index is 0.0917. The normalized spacial score (nSPS) is 15.6. The maximum Gasteiger partial charge on any atom is 0.269 e. The van der Waals surface area contributed by atoms with Gasteiger partial charge in [-0.3, -0.25) is 10.1 Å². The third-order valence-corrected chi connectivity index (χ3v) is 6.57. The second-order valence-corrected chi connectivity index (χ2v) is 8.68. The minimum atomic E-state index is -4.07. The Morgan fingerprint density at radius 3 is 2.17 bits per heavy atom. The number of aliphatic hydroxyl groups is 1. The predicted molar refractivity (Wildman–Crippen MR) is 106 cm³/mol. The van der Waals surface area contributed by atoms with Crippen LogP contribution in [0.5, 0.6) is 0 Å². The molecule has 0 aliphatic carbocycles. The SMILES string of the molecule is O=[N+]([O-])c1ccc(S(=O)(=O)c2nc3ccccc3nc2N2CCC(O)CC2)cc1. The van der Waals surface area contributed by atoms with E-state index in [1.165, 1.54) is 12.1 Å². The molecule has 1 aliphatic rings. The van der Waals surface area contributed by atoms with Crippen molar-refractivity contribution in [2.24, 2.45) is 0 Å². The van der Waals surface area contributed by atoms with Crippen LogP contribution in [-0.2, 0) is 9.84 Å². The van der Waals surface area contributed by atoms with Gasteiger partial charge in [-0.15, -0.1) is 0 Å². The Bertz CT molecular complexity index is 1170. The van der Waals surface area contributed by atoms with Crippen LogP contribution in [0.3, 0.4) is 0 Å². The highest BCUT2D eigenvalue weighted by Crippen LogP contribution is 2.31. The molecule has 3 aromatic rings. The van der Waals surface area contributed by atoms with E-state index in [4.69, 9.17) is 0 Å². The summed E-state index contributed by atoms with van der Waals surface area (Å²) >= 11 is 0. The Labute approximate surface area is 166 Å². The van der Waals surface area contributed by atoms with Crippen LogP contribution in [0.2, 0.25) is 0 Å². The molecule has 2 heterocycles. The number of sulfone groups is 1. The van der Waals surface area contributed by atoms with E-state index in [-0.39, 0.29) is 21.4 Å². The third-order valence-electron chi connectivity index (χ3n) is 4.90. The smallest absolute Gasteiger partial charge is 0.269 e. The van der Waals surface area contributed by atoms with Crippen molar-refractivity contribution in [2.75, 3.05) is 18.0 Å². The first-order valence-corrected chi connectivity index (χ1v) is 10.5. The van der Waals surface area contributed by atoms with Gasteiger partial charge in [0.15, 0.2) is 5.82 Å². The lowest BCUT2D eigenvalue weighted by Gasteiger charge is -2.31. The molecule has 10 heteroatoms. The molecule has 1 aromatic heterocycles. The molecule has 0 bridgehead atoms. The summed E-state index contributed by atoms with van der Waals surface area (Å²) in [5, 5.41) is 20.5. The standard InChI is InChI=1S/C19H18N4O5S/c24-14-9-11-22(12-10-14)18-19(21-17-4-2-1-3-16(17)20-18)29(27,28)15-7-5-13(6-8-15)23(25)26/h1-8,14,24H,9-12H2. The second kappa shape index (κ2) is 7.37. The van der Waals surface area contributed by atoms with Crippen molar-refractivity contribution in [3.63, 3.8) is 0 Å². The summed E-state index contributed by atoms with van der Waals surface area (Å²) in [6, 6.07) is 11.7. The van der Waals surface area contributed by atoms with Crippen molar-refractivity contribution >= 4 is 32.4 Å². The Balaban J connectivity index is 1.86. The fourth-order valence-electron chi connectivity index (χ4n) is 3.30. The molecular weight excluding hydrogens is 396 g/mol. The number of fused-ring (bicyclic) bond motifs is 1. The highest BCUT2D eigenvalue weighted by Gasteiger charge is 2.30. The van der Waals surface area contributed by atoms with Gasteiger partial charge in [0.1, 0.15) is 0 Å². The van der Waals surface area contributed by atoms with E-state index >= 15 is 0 Å². The van der Waals surface area contributed by atoms with Crippen LogP contribution < -0.4 is 4.90 Å². The average molecular weight is 414 g/mol. The first kappa shape index (κ1) is 19.2. The second-order valence-electron chi connectivity index (χ2n) is 6.81. The van der Waals surface area contributed by atoms with E-state index < -0.39 is 20.9 Å². The molecule has 1 aliphatic heterocycles. The van der Waals surface area contributed by atoms with Gasteiger partial charge in [0, 0.05) is 25.2 Å². The highest BCUT2D eigenvalue weighted by atomic mass is 32.2. The monoisotopic (exact) mass is 414 g/mol. The van der Waals surface area contributed by atoms with E-state index in [9.17, 15) is 23.6 Å². The van der Waals surface area contributed by atoms with Crippen LogP contribution in [-0.4, -0.2) is 47.6 Å². The van der Waals surface area contributed by atoms with Gasteiger partial charge in [-0.05, 0) is 37.1 Å². The molecule has 2 aromatic carbocycles. The Kier molecular flexibility index (Phi) is 4.89. The van der Waals surface area contributed by atoms with E-state index in [0.717, 1.165) is 12.1 Å². The van der Waals surface area contributed by atoms with Crippen LogP contribution in [0.25, 0.3) is 11.0 Å². The number of anilines is 1. The van der Waals surface area contributed by atoms with Crippen molar-refractivity contribution in [2.45, 2.75) is 28.9 Å². The third kappa shape index (κ3) is 3.64. The molecule has 29 heavy (non-hydrogen) atoms. The number of para-hydroxylation sites is 2. The molecule has 0 spiro atoms. The van der Waals surface area contributed by atoms with Gasteiger partial charge in [-0.1, -0.05) is 12.1 Å². The maximum absolute atomic E-state index is 13.3. The van der Waals surface area contributed by atoms with Crippen LogP contribution in [0, 0.1) is 10.1 Å². The molecule has 0 unspecified atom stereocenters. The number of aromatic nitrogens is 2. The molecular formula is C19H18N4O5S. The van der Waals surface area contributed by atoms with E-state index in [1.807, 2.05) is 4.90 Å². The number of aliphatic hydroxyl groups excluding tert-OH is 1. The van der Waals surface area contributed by atoms with Crippen molar-refractivity contribution in [1.82, 2.24) is 9.97 Å². The number of nitro groups is 1. The van der Waals surface area contributed by atoms with Gasteiger partial charge in [-0.2, -0.15) is 0 Å². The molecule has 150 valence electrons.